The van der Waals surface area contributed by atoms with Crippen LogP contribution in [0.2, 0.25) is 5.02 Å². The molecular weight excluding hydrogens is 230 g/mol. The number of rotatable bonds is 3. The van der Waals surface area contributed by atoms with Crippen LogP contribution in [0.5, 0.6) is 0 Å². The van der Waals surface area contributed by atoms with Crippen LogP contribution in [0.15, 0.2) is 29.6 Å². The van der Waals surface area contributed by atoms with E-state index in [0.29, 0.717) is 0 Å². The highest BCUT2D eigenvalue weighted by Gasteiger charge is 2.16. The van der Waals surface area contributed by atoms with Gasteiger partial charge in [-0.05, 0) is 30.2 Å². The third-order valence-corrected chi connectivity index (χ3v) is 3.04. The second-order valence-corrected chi connectivity index (χ2v) is 4.09. The van der Waals surface area contributed by atoms with Crippen LogP contribution in [0.4, 0.5) is 0 Å². The summed E-state index contributed by atoms with van der Waals surface area (Å²) in [5.74, 6) is 0. The van der Waals surface area contributed by atoms with Crippen molar-refractivity contribution in [1.82, 2.24) is 14.9 Å². The molecule has 1 aromatic heterocycles. The molecule has 1 heterocycles. The molecule has 1 unspecified atom stereocenters. The van der Waals surface area contributed by atoms with E-state index in [1.165, 1.54) is 11.5 Å². The van der Waals surface area contributed by atoms with Gasteiger partial charge in [0.25, 0.3) is 0 Å². The van der Waals surface area contributed by atoms with Gasteiger partial charge in [-0.2, -0.15) is 0 Å². The summed E-state index contributed by atoms with van der Waals surface area (Å²) in [5.41, 5.74) is 1.92. The first-order valence-electron chi connectivity index (χ1n) is 4.51. The van der Waals surface area contributed by atoms with E-state index in [-0.39, 0.29) is 6.04 Å². The van der Waals surface area contributed by atoms with E-state index in [9.17, 15) is 0 Å². The standard InChI is InChI=1S/C10H10ClN3S/c1-12-10(9-6-15-14-13-9)7-4-2-3-5-8(7)11/h2-6,10,12H,1H3. The Bertz CT molecular complexity index is 430. The van der Waals surface area contributed by atoms with E-state index in [2.05, 4.69) is 14.9 Å². The largest absolute Gasteiger partial charge is 0.308 e. The average molecular weight is 240 g/mol. The number of halogens is 1. The van der Waals surface area contributed by atoms with Crippen molar-refractivity contribution in [3.05, 3.63) is 45.9 Å². The zero-order valence-corrected chi connectivity index (χ0v) is 9.72. The van der Waals surface area contributed by atoms with Crippen molar-refractivity contribution in [3.8, 4) is 0 Å². The summed E-state index contributed by atoms with van der Waals surface area (Å²) in [6, 6.07) is 7.75. The van der Waals surface area contributed by atoms with Crippen LogP contribution in [0.3, 0.4) is 0 Å². The van der Waals surface area contributed by atoms with Gasteiger partial charge in [0.2, 0.25) is 0 Å². The highest BCUT2D eigenvalue weighted by atomic mass is 35.5. The first-order valence-corrected chi connectivity index (χ1v) is 5.73. The summed E-state index contributed by atoms with van der Waals surface area (Å²) in [5, 5.41) is 9.90. The molecule has 0 bridgehead atoms. The molecule has 3 nitrogen and oxygen atoms in total. The minimum absolute atomic E-state index is 0.0115. The first kappa shape index (κ1) is 10.5. The Kier molecular flexibility index (Phi) is 3.30. The molecule has 2 rings (SSSR count). The minimum atomic E-state index is 0.0115. The van der Waals surface area contributed by atoms with Crippen molar-refractivity contribution in [2.45, 2.75) is 6.04 Å². The fourth-order valence-electron chi connectivity index (χ4n) is 1.47. The van der Waals surface area contributed by atoms with Crippen molar-refractivity contribution in [2.75, 3.05) is 7.05 Å². The Morgan fingerprint density at radius 3 is 2.80 bits per heavy atom. The Balaban J connectivity index is 2.40. The van der Waals surface area contributed by atoms with Gasteiger partial charge in [0, 0.05) is 10.4 Å². The zero-order valence-electron chi connectivity index (χ0n) is 8.14. The summed E-state index contributed by atoms with van der Waals surface area (Å²) in [6.45, 7) is 0. The number of hydrogen-bond donors (Lipinski definition) is 1. The van der Waals surface area contributed by atoms with Crippen LogP contribution in [0.1, 0.15) is 17.3 Å². The quantitative estimate of drug-likeness (QED) is 0.895. The number of hydrogen-bond acceptors (Lipinski definition) is 4. The fourth-order valence-corrected chi connectivity index (χ4v) is 2.19. The maximum atomic E-state index is 6.13. The van der Waals surface area contributed by atoms with Gasteiger partial charge in [0.1, 0.15) is 0 Å². The van der Waals surface area contributed by atoms with Crippen LogP contribution in [0, 0.1) is 0 Å². The fraction of sp³-hybridized carbons (Fsp3) is 0.200. The Morgan fingerprint density at radius 1 is 1.40 bits per heavy atom. The SMILES string of the molecule is CNC(c1csnn1)c1ccccc1Cl. The molecule has 0 spiro atoms. The van der Waals surface area contributed by atoms with Gasteiger partial charge in [-0.25, -0.2) is 0 Å². The van der Waals surface area contributed by atoms with Gasteiger partial charge in [0.05, 0.1) is 11.7 Å². The summed E-state index contributed by atoms with van der Waals surface area (Å²) in [6.07, 6.45) is 0. The van der Waals surface area contributed by atoms with Gasteiger partial charge in [-0.3, -0.25) is 0 Å². The summed E-state index contributed by atoms with van der Waals surface area (Å²) < 4.78 is 3.85. The molecule has 1 aromatic carbocycles. The number of benzene rings is 1. The maximum Gasteiger partial charge on any atom is 0.0970 e. The molecule has 1 N–H and O–H groups in total. The van der Waals surface area contributed by atoms with E-state index in [0.717, 1.165) is 16.3 Å². The number of aromatic nitrogens is 2. The van der Waals surface area contributed by atoms with E-state index in [1.807, 2.05) is 36.7 Å². The lowest BCUT2D eigenvalue weighted by Crippen LogP contribution is -2.18. The molecule has 0 saturated heterocycles. The number of nitrogens with one attached hydrogen (secondary N) is 1. The Morgan fingerprint density at radius 2 is 2.20 bits per heavy atom. The lowest BCUT2D eigenvalue weighted by atomic mass is 10.1. The van der Waals surface area contributed by atoms with Crippen LogP contribution < -0.4 is 5.32 Å². The van der Waals surface area contributed by atoms with E-state index < -0.39 is 0 Å². The molecule has 0 aliphatic carbocycles. The average Bonchev–Trinajstić information content (AvgIpc) is 2.75. The van der Waals surface area contributed by atoms with Crippen molar-refractivity contribution in [3.63, 3.8) is 0 Å². The van der Waals surface area contributed by atoms with E-state index in [1.54, 1.807) is 0 Å². The molecule has 5 heteroatoms. The molecule has 1 atom stereocenters. The second kappa shape index (κ2) is 4.70. The third kappa shape index (κ3) is 2.17. The monoisotopic (exact) mass is 239 g/mol. The molecule has 0 saturated carbocycles. The highest BCUT2D eigenvalue weighted by molar-refractivity contribution is 7.03. The second-order valence-electron chi connectivity index (χ2n) is 3.07. The maximum absolute atomic E-state index is 6.13. The van der Waals surface area contributed by atoms with E-state index >= 15 is 0 Å². The van der Waals surface area contributed by atoms with Crippen molar-refractivity contribution < 1.29 is 0 Å². The van der Waals surface area contributed by atoms with Crippen LogP contribution in [-0.2, 0) is 0 Å². The third-order valence-electron chi connectivity index (χ3n) is 2.18. The first-order chi connectivity index (χ1) is 7.33. The van der Waals surface area contributed by atoms with Gasteiger partial charge in [-0.15, -0.1) is 5.10 Å². The predicted molar refractivity (Wildman–Crippen MR) is 62.3 cm³/mol. The molecule has 15 heavy (non-hydrogen) atoms. The highest BCUT2D eigenvalue weighted by Crippen LogP contribution is 2.26. The summed E-state index contributed by atoms with van der Waals surface area (Å²) in [7, 11) is 1.88. The zero-order chi connectivity index (χ0) is 10.7. The van der Waals surface area contributed by atoms with Gasteiger partial charge in [0.15, 0.2) is 0 Å². The van der Waals surface area contributed by atoms with Gasteiger partial charge < -0.3 is 5.32 Å². The van der Waals surface area contributed by atoms with Gasteiger partial charge in [-0.1, -0.05) is 34.3 Å². The molecule has 0 aliphatic heterocycles. The molecule has 0 fully saturated rings. The Hall–Kier alpha value is -0.970. The van der Waals surface area contributed by atoms with Crippen LogP contribution in [0.25, 0.3) is 0 Å². The van der Waals surface area contributed by atoms with E-state index in [4.69, 9.17) is 11.6 Å². The molecule has 78 valence electrons. The van der Waals surface area contributed by atoms with Crippen LogP contribution in [-0.4, -0.2) is 16.6 Å². The predicted octanol–water partition coefficient (Wildman–Crippen LogP) is 2.50. The van der Waals surface area contributed by atoms with Gasteiger partial charge >= 0.3 is 0 Å². The lowest BCUT2D eigenvalue weighted by Gasteiger charge is -2.14. The smallest absolute Gasteiger partial charge is 0.0970 e. The topological polar surface area (TPSA) is 37.8 Å². The molecule has 0 aliphatic rings. The molecule has 0 radical (unpaired) electrons. The van der Waals surface area contributed by atoms with Crippen LogP contribution >= 0.6 is 23.1 Å². The summed E-state index contributed by atoms with van der Waals surface area (Å²) >= 11 is 7.47. The molecular formula is C10H10ClN3S. The molecule has 0 amide bonds. The normalized spacial score (nSPS) is 12.7. The number of nitrogens with zero attached hydrogens (tertiary/aromatic N) is 2. The lowest BCUT2D eigenvalue weighted by molar-refractivity contribution is 0.668. The summed E-state index contributed by atoms with van der Waals surface area (Å²) in [4.78, 5) is 0. The minimum Gasteiger partial charge on any atom is -0.308 e. The van der Waals surface area contributed by atoms with Crippen molar-refractivity contribution in [2.24, 2.45) is 0 Å². The Labute approximate surface area is 97.3 Å². The van der Waals surface area contributed by atoms with Crippen molar-refractivity contribution >= 4 is 23.1 Å². The molecule has 2 aromatic rings. The van der Waals surface area contributed by atoms with Crippen molar-refractivity contribution in [1.29, 1.82) is 0 Å².